The van der Waals surface area contributed by atoms with Crippen molar-refractivity contribution >= 4 is 27.5 Å². The molecule has 5 heteroatoms. The number of nitrogens with one attached hydrogen (secondary N) is 1. The lowest BCUT2D eigenvalue weighted by molar-refractivity contribution is -0.118. The molecule has 1 atom stereocenters. The van der Waals surface area contributed by atoms with Crippen LogP contribution in [-0.2, 0) is 9.63 Å². The maximum atomic E-state index is 11.1. The smallest absolute Gasteiger partial charge is 0.230 e. The van der Waals surface area contributed by atoms with E-state index in [-0.39, 0.29) is 16.7 Å². The first-order valence-corrected chi connectivity index (χ1v) is 8.61. The largest absolute Gasteiger partial charge is 0.394 e. The summed E-state index contributed by atoms with van der Waals surface area (Å²) in [4.78, 5) is 16.5. The Labute approximate surface area is 138 Å². The summed E-state index contributed by atoms with van der Waals surface area (Å²) < 4.78 is 0. The van der Waals surface area contributed by atoms with Crippen molar-refractivity contribution in [1.82, 2.24) is 5.32 Å². The Morgan fingerprint density at radius 1 is 1.24 bits per heavy atom. The highest BCUT2D eigenvalue weighted by molar-refractivity contribution is 9.09. The number of amides is 1. The number of carbonyl (C=O) groups excluding carboxylic acids is 1. The first-order valence-electron chi connectivity index (χ1n) is 7.49. The van der Waals surface area contributed by atoms with Crippen molar-refractivity contribution in [3.63, 3.8) is 0 Å². The van der Waals surface area contributed by atoms with Crippen LogP contribution in [0.2, 0.25) is 0 Å². The molecule has 0 aliphatic heterocycles. The van der Waals surface area contributed by atoms with Gasteiger partial charge in [-0.25, -0.2) is 0 Å². The molecule has 0 saturated carbocycles. The molecule has 4 nitrogen and oxygen atoms in total. The van der Waals surface area contributed by atoms with Gasteiger partial charge in [-0.05, 0) is 17.3 Å². The van der Waals surface area contributed by atoms with Crippen LogP contribution in [0.4, 0.5) is 0 Å². The molecule has 0 unspecified atom stereocenters. The Morgan fingerprint density at radius 3 is 2.24 bits per heavy atom. The Hall–Kier alpha value is -0.580. The highest BCUT2D eigenvalue weighted by atomic mass is 79.9. The molecule has 0 aliphatic carbocycles. The van der Waals surface area contributed by atoms with Crippen LogP contribution < -0.4 is 5.32 Å². The van der Waals surface area contributed by atoms with E-state index in [1.807, 2.05) is 0 Å². The molecule has 0 fully saturated rings. The topological polar surface area (TPSA) is 50.7 Å². The summed E-state index contributed by atoms with van der Waals surface area (Å²) in [6, 6.07) is 0. The van der Waals surface area contributed by atoms with Crippen LogP contribution in [0.25, 0.3) is 0 Å². The fourth-order valence-corrected chi connectivity index (χ4v) is 1.92. The van der Waals surface area contributed by atoms with E-state index >= 15 is 0 Å². The number of alkyl halides is 1. The van der Waals surface area contributed by atoms with Gasteiger partial charge in [-0.2, -0.15) is 0 Å². The van der Waals surface area contributed by atoms with E-state index in [2.05, 4.69) is 74.9 Å². The second-order valence-corrected chi connectivity index (χ2v) is 8.29. The lowest BCUT2D eigenvalue weighted by Crippen LogP contribution is -2.30. The van der Waals surface area contributed by atoms with E-state index in [0.717, 1.165) is 12.1 Å². The van der Waals surface area contributed by atoms with Gasteiger partial charge in [0, 0.05) is 5.92 Å². The molecule has 0 heterocycles. The number of carbonyl (C=O) groups is 1. The maximum absolute atomic E-state index is 11.1. The van der Waals surface area contributed by atoms with Crippen molar-refractivity contribution in [2.24, 2.45) is 21.9 Å². The molecule has 0 rings (SSSR count). The maximum Gasteiger partial charge on any atom is 0.230 e. The molecule has 1 amide bonds. The van der Waals surface area contributed by atoms with E-state index in [1.165, 1.54) is 0 Å². The lowest BCUT2D eigenvalue weighted by Gasteiger charge is -2.31. The molecule has 0 saturated heterocycles. The summed E-state index contributed by atoms with van der Waals surface area (Å²) >= 11 is 3.10. The van der Waals surface area contributed by atoms with E-state index in [0.29, 0.717) is 24.4 Å². The summed E-state index contributed by atoms with van der Waals surface area (Å²) in [7, 11) is 0. The summed E-state index contributed by atoms with van der Waals surface area (Å²) in [6.07, 6.45) is 0.902. The van der Waals surface area contributed by atoms with Gasteiger partial charge >= 0.3 is 0 Å². The van der Waals surface area contributed by atoms with Gasteiger partial charge in [-0.3, -0.25) is 4.79 Å². The standard InChI is InChI=1S/C16H31BrN2O2/c1-12(16(5,6)7)13(10-15(2,3)4)19-21-9-8-18-14(20)11-17/h12H,8-11H2,1-7H3,(H,18,20)/b19-13-/t12-/m0/s1. The van der Waals surface area contributed by atoms with Crippen molar-refractivity contribution < 1.29 is 9.63 Å². The van der Waals surface area contributed by atoms with Crippen LogP contribution in [-0.4, -0.2) is 30.1 Å². The predicted octanol–water partition coefficient (Wildman–Crippen LogP) is 3.99. The molecule has 0 aliphatic rings. The van der Waals surface area contributed by atoms with E-state index in [9.17, 15) is 4.79 Å². The summed E-state index contributed by atoms with van der Waals surface area (Å²) in [6.45, 7) is 16.3. The van der Waals surface area contributed by atoms with Gasteiger partial charge in [0.15, 0.2) is 0 Å². The summed E-state index contributed by atoms with van der Waals surface area (Å²) in [5.41, 5.74) is 1.41. The van der Waals surface area contributed by atoms with Crippen molar-refractivity contribution in [3.8, 4) is 0 Å². The van der Waals surface area contributed by atoms with Crippen molar-refractivity contribution in [3.05, 3.63) is 0 Å². The molecule has 124 valence electrons. The third-order valence-corrected chi connectivity index (χ3v) is 3.84. The van der Waals surface area contributed by atoms with Crippen molar-refractivity contribution in [2.75, 3.05) is 18.5 Å². The quantitative estimate of drug-likeness (QED) is 0.322. The van der Waals surface area contributed by atoms with Gasteiger partial charge in [0.05, 0.1) is 17.6 Å². The van der Waals surface area contributed by atoms with E-state index < -0.39 is 0 Å². The Morgan fingerprint density at radius 2 is 1.81 bits per heavy atom. The average molecular weight is 363 g/mol. The first kappa shape index (κ1) is 20.4. The lowest BCUT2D eigenvalue weighted by atomic mass is 9.75. The number of hydrogen-bond acceptors (Lipinski definition) is 3. The number of oxime groups is 1. The van der Waals surface area contributed by atoms with Crippen LogP contribution in [0.15, 0.2) is 5.16 Å². The minimum absolute atomic E-state index is 0.0412. The molecule has 0 aromatic heterocycles. The molecular weight excluding hydrogens is 332 g/mol. The molecule has 0 bridgehead atoms. The van der Waals surface area contributed by atoms with Crippen LogP contribution in [0, 0.1) is 16.7 Å². The Bertz CT molecular complexity index is 354. The van der Waals surface area contributed by atoms with Crippen molar-refractivity contribution in [2.45, 2.75) is 54.9 Å². The van der Waals surface area contributed by atoms with Crippen LogP contribution in [0.1, 0.15) is 54.9 Å². The average Bonchev–Trinajstić information content (AvgIpc) is 2.33. The third kappa shape index (κ3) is 9.88. The van der Waals surface area contributed by atoms with Gasteiger partial charge in [0.1, 0.15) is 6.61 Å². The van der Waals surface area contributed by atoms with Gasteiger partial charge in [0.25, 0.3) is 0 Å². The van der Waals surface area contributed by atoms with Crippen molar-refractivity contribution in [1.29, 1.82) is 0 Å². The van der Waals surface area contributed by atoms with E-state index in [1.54, 1.807) is 0 Å². The molecule has 0 aromatic carbocycles. The molecule has 0 radical (unpaired) electrons. The molecule has 21 heavy (non-hydrogen) atoms. The summed E-state index contributed by atoms with van der Waals surface area (Å²) in [5, 5.41) is 7.40. The fourth-order valence-electron chi connectivity index (χ4n) is 1.72. The minimum atomic E-state index is -0.0412. The Kier molecular flexibility index (Phi) is 8.52. The fraction of sp³-hybridized carbons (Fsp3) is 0.875. The van der Waals surface area contributed by atoms with Crippen LogP contribution in [0.5, 0.6) is 0 Å². The van der Waals surface area contributed by atoms with Gasteiger partial charge < -0.3 is 10.2 Å². The molecule has 1 N–H and O–H groups in total. The first-order chi connectivity index (χ1) is 9.47. The minimum Gasteiger partial charge on any atom is -0.394 e. The van der Waals surface area contributed by atoms with Gasteiger partial charge in [-0.15, -0.1) is 0 Å². The number of halogens is 1. The number of rotatable bonds is 7. The predicted molar refractivity (Wildman–Crippen MR) is 92.9 cm³/mol. The summed E-state index contributed by atoms with van der Waals surface area (Å²) in [5.74, 6) is 0.300. The number of nitrogens with zero attached hydrogens (tertiary/aromatic N) is 1. The SMILES string of the molecule is C[C@@H](/C(CC(C)(C)C)=N\OCCNC(=O)CBr)C(C)(C)C. The number of hydrogen-bond donors (Lipinski definition) is 1. The monoisotopic (exact) mass is 362 g/mol. The second kappa shape index (κ2) is 8.76. The van der Waals surface area contributed by atoms with E-state index in [4.69, 9.17) is 4.84 Å². The zero-order valence-corrected chi connectivity index (χ0v) is 16.1. The highest BCUT2D eigenvalue weighted by Crippen LogP contribution is 2.31. The Balaban J connectivity index is 4.59. The zero-order valence-electron chi connectivity index (χ0n) is 14.5. The highest BCUT2D eigenvalue weighted by Gasteiger charge is 2.28. The van der Waals surface area contributed by atoms with Gasteiger partial charge in [-0.1, -0.05) is 69.6 Å². The zero-order chi connectivity index (χ0) is 16.7. The molecule has 0 spiro atoms. The van der Waals surface area contributed by atoms with Crippen LogP contribution in [0.3, 0.4) is 0 Å². The molecule has 0 aromatic rings. The van der Waals surface area contributed by atoms with Gasteiger partial charge in [0.2, 0.25) is 5.91 Å². The normalized spacial score (nSPS) is 14.8. The molecular formula is C16H31BrN2O2. The van der Waals surface area contributed by atoms with Crippen LogP contribution >= 0.6 is 15.9 Å². The second-order valence-electron chi connectivity index (χ2n) is 7.72. The third-order valence-electron chi connectivity index (χ3n) is 3.33.